The van der Waals surface area contributed by atoms with E-state index in [9.17, 15) is 9.59 Å². The van der Waals surface area contributed by atoms with Gasteiger partial charge in [-0.1, -0.05) is 64.8 Å². The van der Waals surface area contributed by atoms with Gasteiger partial charge in [-0.05, 0) is 12.1 Å². The Kier molecular flexibility index (Phi) is 7.89. The van der Waals surface area contributed by atoms with Crippen molar-refractivity contribution in [3.05, 3.63) is 41.4 Å². The number of alkyl halides is 3. The molecule has 1 rings (SSSR count). The molecule has 0 bridgehead atoms. The average molecular weight is 385 g/mol. The van der Waals surface area contributed by atoms with Crippen LogP contribution in [0.2, 0.25) is 0 Å². The summed E-state index contributed by atoms with van der Waals surface area (Å²) in [6.45, 7) is -0.455. The molecule has 1 aromatic rings. The first-order chi connectivity index (χ1) is 10.3. The maximum Gasteiger partial charge on any atom is 0.411 e. The molecule has 1 aromatic carbocycles. The molecular weight excluding hydrogens is 373 g/mol. The summed E-state index contributed by atoms with van der Waals surface area (Å²) in [6, 6.07) is 9.24. The average Bonchev–Trinajstić information content (AvgIpc) is 2.49. The lowest BCUT2D eigenvalue weighted by atomic mass is 10.4. The van der Waals surface area contributed by atoms with Gasteiger partial charge in [-0.2, -0.15) is 0 Å². The number of thioether (sulfide) groups is 1. The van der Waals surface area contributed by atoms with Crippen molar-refractivity contribution < 1.29 is 19.1 Å². The minimum absolute atomic E-state index is 0.0920. The minimum atomic E-state index is -1.73. The second-order valence-corrected chi connectivity index (χ2v) is 7.23. The maximum atomic E-state index is 11.6. The highest BCUT2D eigenvalue weighted by Gasteiger charge is 2.23. The van der Waals surface area contributed by atoms with Crippen LogP contribution in [0.5, 0.6) is 0 Å². The summed E-state index contributed by atoms with van der Waals surface area (Å²) in [5.74, 6) is -0.728. The van der Waals surface area contributed by atoms with Crippen LogP contribution >= 0.6 is 46.6 Å². The van der Waals surface area contributed by atoms with E-state index in [1.54, 1.807) is 0 Å². The van der Waals surface area contributed by atoms with E-state index < -0.39 is 22.5 Å². The van der Waals surface area contributed by atoms with Crippen molar-refractivity contribution in [3.63, 3.8) is 0 Å². The number of nitrogens with one attached hydrogen (secondary N) is 1. The third-order valence-electron chi connectivity index (χ3n) is 2.07. The van der Waals surface area contributed by atoms with Crippen LogP contribution in [0.15, 0.2) is 46.3 Å². The first-order valence-electron chi connectivity index (χ1n) is 5.82. The van der Waals surface area contributed by atoms with Crippen LogP contribution in [0.1, 0.15) is 0 Å². The van der Waals surface area contributed by atoms with Gasteiger partial charge >= 0.3 is 12.1 Å². The summed E-state index contributed by atoms with van der Waals surface area (Å²) in [6.07, 6.45) is -0.934. The zero-order valence-corrected chi connectivity index (χ0v) is 14.4. The number of benzene rings is 1. The molecule has 1 N–H and O–H groups in total. The van der Waals surface area contributed by atoms with E-state index in [2.05, 4.69) is 14.8 Å². The molecule has 120 valence electrons. The van der Waals surface area contributed by atoms with Crippen molar-refractivity contribution in [3.8, 4) is 0 Å². The summed E-state index contributed by atoms with van der Waals surface area (Å²) < 4.78 is 7.53. The number of alkyl carbamates (subject to hydrolysis) is 1. The van der Waals surface area contributed by atoms with Gasteiger partial charge in [-0.25, -0.2) is 9.59 Å². The molecule has 0 heterocycles. The van der Waals surface area contributed by atoms with Crippen LogP contribution in [0.25, 0.3) is 0 Å². The van der Waals surface area contributed by atoms with E-state index in [0.717, 1.165) is 4.90 Å². The van der Waals surface area contributed by atoms with Crippen molar-refractivity contribution in [1.29, 1.82) is 0 Å². The number of ether oxygens (including phenoxy) is 2. The normalized spacial score (nSPS) is 11.7. The zero-order valence-electron chi connectivity index (χ0n) is 11.3. The Balaban J connectivity index is 2.68. The first kappa shape index (κ1) is 19.0. The standard InChI is InChI=1S/C13H12Cl3NO4S/c1-20-11(18)10(7-22-9-5-3-2-4-6-9)17-12(19)21-8-13(14,15)16/h2-7H,8H2,1H3,(H,17,19). The molecule has 0 saturated carbocycles. The fourth-order valence-corrected chi connectivity index (χ4v) is 2.05. The summed E-state index contributed by atoms with van der Waals surface area (Å²) in [4.78, 5) is 24.1. The van der Waals surface area contributed by atoms with E-state index in [1.165, 1.54) is 24.3 Å². The highest BCUT2D eigenvalue weighted by Crippen LogP contribution is 2.26. The van der Waals surface area contributed by atoms with Crippen molar-refractivity contribution in [2.24, 2.45) is 0 Å². The number of hydrogen-bond acceptors (Lipinski definition) is 5. The quantitative estimate of drug-likeness (QED) is 0.361. The van der Waals surface area contributed by atoms with Crippen LogP contribution in [0, 0.1) is 0 Å². The molecule has 1 amide bonds. The lowest BCUT2D eigenvalue weighted by molar-refractivity contribution is -0.136. The third-order valence-corrected chi connectivity index (χ3v) is 3.29. The van der Waals surface area contributed by atoms with Crippen LogP contribution in [0.4, 0.5) is 4.79 Å². The Bertz CT molecular complexity index is 546. The zero-order chi connectivity index (χ0) is 16.6. The molecule has 0 fully saturated rings. The lowest BCUT2D eigenvalue weighted by Crippen LogP contribution is -2.30. The first-order valence-corrected chi connectivity index (χ1v) is 7.84. The van der Waals surface area contributed by atoms with Gasteiger partial charge in [0.2, 0.25) is 3.79 Å². The van der Waals surface area contributed by atoms with E-state index in [4.69, 9.17) is 34.8 Å². The lowest BCUT2D eigenvalue weighted by Gasteiger charge is -2.12. The fourth-order valence-electron chi connectivity index (χ4n) is 1.16. The van der Waals surface area contributed by atoms with Gasteiger partial charge in [0.1, 0.15) is 12.3 Å². The number of methoxy groups -OCH3 is 1. The highest BCUT2D eigenvalue weighted by molar-refractivity contribution is 8.02. The topological polar surface area (TPSA) is 64.6 Å². The summed E-state index contributed by atoms with van der Waals surface area (Å²) >= 11 is 17.6. The number of carbonyl (C=O) groups excluding carboxylic acids is 2. The van der Waals surface area contributed by atoms with Crippen molar-refractivity contribution >= 4 is 58.6 Å². The van der Waals surface area contributed by atoms with Crippen LogP contribution in [0.3, 0.4) is 0 Å². The fraction of sp³-hybridized carbons (Fsp3) is 0.231. The monoisotopic (exact) mass is 383 g/mol. The SMILES string of the molecule is COC(=O)C(=CSc1ccccc1)NC(=O)OCC(Cl)(Cl)Cl. The highest BCUT2D eigenvalue weighted by atomic mass is 35.6. The molecule has 0 radical (unpaired) electrons. The number of amides is 1. The summed E-state index contributed by atoms with van der Waals surface area (Å²) in [5, 5.41) is 3.67. The van der Waals surface area contributed by atoms with Gasteiger partial charge in [0, 0.05) is 10.3 Å². The number of esters is 1. The molecule has 5 nitrogen and oxygen atoms in total. The molecule has 0 aromatic heterocycles. The molecule has 0 spiro atoms. The van der Waals surface area contributed by atoms with E-state index in [0.29, 0.717) is 0 Å². The van der Waals surface area contributed by atoms with Crippen LogP contribution in [-0.4, -0.2) is 29.6 Å². The van der Waals surface area contributed by atoms with Gasteiger partial charge in [0.05, 0.1) is 7.11 Å². The predicted molar refractivity (Wildman–Crippen MR) is 87.2 cm³/mol. The maximum absolute atomic E-state index is 11.6. The Labute approximate surface area is 146 Å². The summed E-state index contributed by atoms with van der Waals surface area (Å²) in [5.41, 5.74) is -0.0920. The summed E-state index contributed by atoms with van der Waals surface area (Å²) in [7, 11) is 1.19. The Hall–Kier alpha value is -1.08. The van der Waals surface area contributed by atoms with Gasteiger partial charge < -0.3 is 9.47 Å². The second kappa shape index (κ2) is 9.15. The predicted octanol–water partition coefficient (Wildman–Crippen LogP) is 3.89. The minimum Gasteiger partial charge on any atom is -0.464 e. The molecule has 0 saturated heterocycles. The number of hydrogen-bond donors (Lipinski definition) is 1. The van der Waals surface area contributed by atoms with Crippen molar-refractivity contribution in [2.75, 3.05) is 13.7 Å². The molecule has 9 heteroatoms. The van der Waals surface area contributed by atoms with Crippen molar-refractivity contribution in [1.82, 2.24) is 5.32 Å². The molecule has 0 aliphatic carbocycles. The second-order valence-electron chi connectivity index (χ2n) is 3.77. The Morgan fingerprint density at radius 3 is 2.45 bits per heavy atom. The third kappa shape index (κ3) is 7.79. The van der Waals surface area contributed by atoms with Crippen molar-refractivity contribution in [2.45, 2.75) is 8.69 Å². The number of carbonyl (C=O) groups is 2. The van der Waals surface area contributed by atoms with Crippen LogP contribution in [-0.2, 0) is 14.3 Å². The molecule has 22 heavy (non-hydrogen) atoms. The molecule has 0 unspecified atom stereocenters. The van der Waals surface area contributed by atoms with Gasteiger partial charge in [-0.15, -0.1) is 0 Å². The number of rotatable bonds is 5. The number of halogens is 3. The van der Waals surface area contributed by atoms with E-state index in [-0.39, 0.29) is 5.70 Å². The molecule has 0 atom stereocenters. The Morgan fingerprint density at radius 2 is 1.91 bits per heavy atom. The van der Waals surface area contributed by atoms with Crippen LogP contribution < -0.4 is 5.32 Å². The van der Waals surface area contributed by atoms with Gasteiger partial charge in [-0.3, -0.25) is 5.32 Å². The largest absolute Gasteiger partial charge is 0.464 e. The van der Waals surface area contributed by atoms with E-state index in [1.807, 2.05) is 30.3 Å². The molecular formula is C13H12Cl3NO4S. The van der Waals surface area contributed by atoms with Gasteiger partial charge in [0.15, 0.2) is 0 Å². The van der Waals surface area contributed by atoms with Gasteiger partial charge in [0.25, 0.3) is 0 Å². The smallest absolute Gasteiger partial charge is 0.411 e. The Morgan fingerprint density at radius 1 is 1.27 bits per heavy atom. The van der Waals surface area contributed by atoms with E-state index >= 15 is 0 Å². The molecule has 0 aliphatic heterocycles. The molecule has 0 aliphatic rings.